The van der Waals surface area contributed by atoms with Crippen LogP contribution in [0.2, 0.25) is 0 Å². The lowest BCUT2D eigenvalue weighted by atomic mass is 10.2. The molecule has 5 N–H and O–H groups in total. The summed E-state index contributed by atoms with van der Waals surface area (Å²) in [5, 5.41) is 23.9. The zero-order valence-electron chi connectivity index (χ0n) is 11.0. The first kappa shape index (κ1) is 15.3. The van der Waals surface area contributed by atoms with Crippen LogP contribution < -0.4 is 15.8 Å². The molecule has 0 bridgehead atoms. The second-order valence-corrected chi connectivity index (χ2v) is 4.12. The highest BCUT2D eigenvalue weighted by atomic mass is 16.5. The van der Waals surface area contributed by atoms with Crippen LogP contribution in [0.5, 0.6) is 5.75 Å². The van der Waals surface area contributed by atoms with Gasteiger partial charge in [0.25, 0.3) is 0 Å². The van der Waals surface area contributed by atoms with E-state index >= 15 is 0 Å². The van der Waals surface area contributed by atoms with Crippen molar-refractivity contribution in [3.63, 3.8) is 0 Å². The van der Waals surface area contributed by atoms with Gasteiger partial charge in [-0.1, -0.05) is 12.1 Å². The summed E-state index contributed by atoms with van der Waals surface area (Å²) >= 11 is 0. The molecule has 1 atom stereocenters. The Kier molecular flexibility index (Phi) is 6.70. The maximum Gasteiger partial charge on any atom is 0.170 e. The van der Waals surface area contributed by atoms with Gasteiger partial charge in [-0.25, -0.2) is 0 Å². The van der Waals surface area contributed by atoms with Crippen LogP contribution in [0, 0.1) is 0 Å². The van der Waals surface area contributed by atoms with E-state index in [4.69, 9.17) is 15.7 Å². The number of oxime groups is 1. The van der Waals surface area contributed by atoms with Crippen LogP contribution in [0.1, 0.15) is 18.9 Å². The second kappa shape index (κ2) is 8.34. The predicted octanol–water partition coefficient (Wildman–Crippen LogP) is 0.520. The van der Waals surface area contributed by atoms with Crippen molar-refractivity contribution in [2.75, 3.05) is 19.7 Å². The van der Waals surface area contributed by atoms with Crippen molar-refractivity contribution in [2.45, 2.75) is 19.4 Å². The Morgan fingerprint density at radius 1 is 1.42 bits per heavy atom. The van der Waals surface area contributed by atoms with Crippen molar-refractivity contribution in [1.82, 2.24) is 5.32 Å². The number of nitrogens with zero attached hydrogens (tertiary/aromatic N) is 1. The molecule has 0 heterocycles. The summed E-state index contributed by atoms with van der Waals surface area (Å²) in [6.07, 6.45) is 0.434. The molecule has 0 spiro atoms. The van der Waals surface area contributed by atoms with Gasteiger partial charge in [-0.3, -0.25) is 0 Å². The summed E-state index contributed by atoms with van der Waals surface area (Å²) in [5.74, 6) is 0.786. The van der Waals surface area contributed by atoms with E-state index in [1.807, 2.05) is 6.92 Å². The van der Waals surface area contributed by atoms with Crippen LogP contribution in [0.25, 0.3) is 0 Å². The standard InChI is InChI=1S/C13H21N3O3/c1-2-11(17)9-15-7-8-19-12-5-3-10(4-6-12)13(14)16-18/h3-6,11,15,17-18H,2,7-9H2,1H3,(H2,14,16). The van der Waals surface area contributed by atoms with Gasteiger partial charge in [0.15, 0.2) is 5.84 Å². The van der Waals surface area contributed by atoms with Crippen molar-refractivity contribution in [1.29, 1.82) is 0 Å². The number of benzene rings is 1. The third-order valence-electron chi connectivity index (χ3n) is 2.66. The molecule has 1 rings (SSSR count). The van der Waals surface area contributed by atoms with Gasteiger partial charge < -0.3 is 26.1 Å². The molecule has 1 aromatic carbocycles. The minimum Gasteiger partial charge on any atom is -0.492 e. The summed E-state index contributed by atoms with van der Waals surface area (Å²) in [6, 6.07) is 6.96. The van der Waals surface area contributed by atoms with Gasteiger partial charge in [0.05, 0.1) is 6.10 Å². The van der Waals surface area contributed by atoms with Gasteiger partial charge in [0.2, 0.25) is 0 Å². The summed E-state index contributed by atoms with van der Waals surface area (Å²) < 4.78 is 5.50. The van der Waals surface area contributed by atoms with E-state index in [9.17, 15) is 5.11 Å². The zero-order valence-corrected chi connectivity index (χ0v) is 11.0. The molecule has 0 fully saturated rings. The first-order valence-electron chi connectivity index (χ1n) is 6.27. The highest BCUT2D eigenvalue weighted by molar-refractivity contribution is 5.97. The average molecular weight is 267 g/mol. The zero-order chi connectivity index (χ0) is 14.1. The molecule has 0 aliphatic carbocycles. The van der Waals surface area contributed by atoms with Crippen LogP contribution in [0.3, 0.4) is 0 Å². The number of amidine groups is 1. The topological polar surface area (TPSA) is 100 Å². The van der Waals surface area contributed by atoms with E-state index in [2.05, 4.69) is 10.5 Å². The van der Waals surface area contributed by atoms with Gasteiger partial charge in [-0.05, 0) is 30.7 Å². The van der Waals surface area contributed by atoms with Crippen molar-refractivity contribution in [2.24, 2.45) is 10.9 Å². The first-order valence-corrected chi connectivity index (χ1v) is 6.27. The summed E-state index contributed by atoms with van der Waals surface area (Å²) in [7, 11) is 0. The molecule has 106 valence electrons. The molecule has 6 heteroatoms. The lowest BCUT2D eigenvalue weighted by Crippen LogP contribution is -2.29. The van der Waals surface area contributed by atoms with E-state index < -0.39 is 0 Å². The number of hydrogen-bond acceptors (Lipinski definition) is 5. The van der Waals surface area contributed by atoms with Crippen LogP contribution in [0.15, 0.2) is 29.4 Å². The lowest BCUT2D eigenvalue weighted by molar-refractivity contribution is 0.165. The van der Waals surface area contributed by atoms with Gasteiger partial charge in [0.1, 0.15) is 12.4 Å². The fourth-order valence-corrected chi connectivity index (χ4v) is 1.43. The SMILES string of the molecule is CCC(O)CNCCOc1ccc(/C(N)=N/O)cc1. The number of hydrogen-bond donors (Lipinski definition) is 4. The number of ether oxygens (including phenoxy) is 1. The predicted molar refractivity (Wildman–Crippen MR) is 73.6 cm³/mol. The smallest absolute Gasteiger partial charge is 0.170 e. The maximum absolute atomic E-state index is 9.33. The Morgan fingerprint density at radius 3 is 2.68 bits per heavy atom. The molecule has 1 unspecified atom stereocenters. The monoisotopic (exact) mass is 267 g/mol. The van der Waals surface area contributed by atoms with Crippen molar-refractivity contribution in [3.8, 4) is 5.75 Å². The summed E-state index contributed by atoms with van der Waals surface area (Å²) in [4.78, 5) is 0. The fraction of sp³-hybridized carbons (Fsp3) is 0.462. The molecule has 1 aromatic rings. The second-order valence-electron chi connectivity index (χ2n) is 4.12. The Labute approximate surface area is 112 Å². The number of aliphatic hydroxyl groups is 1. The normalized spacial score (nSPS) is 13.3. The third kappa shape index (κ3) is 5.58. The fourth-order valence-electron chi connectivity index (χ4n) is 1.43. The summed E-state index contributed by atoms with van der Waals surface area (Å²) in [6.45, 7) is 3.69. The molecule has 0 aliphatic rings. The van der Waals surface area contributed by atoms with E-state index in [0.29, 0.717) is 31.0 Å². The number of rotatable bonds is 8. The minimum atomic E-state index is -0.306. The number of aliphatic hydroxyl groups excluding tert-OH is 1. The molecule has 0 amide bonds. The van der Waals surface area contributed by atoms with Crippen molar-refractivity contribution in [3.05, 3.63) is 29.8 Å². The molecule has 0 aliphatic heterocycles. The number of nitrogens with two attached hydrogens (primary N) is 1. The van der Waals surface area contributed by atoms with Crippen LogP contribution in [-0.2, 0) is 0 Å². The van der Waals surface area contributed by atoms with Gasteiger partial charge in [0, 0.05) is 18.7 Å². The van der Waals surface area contributed by atoms with Crippen LogP contribution in [-0.4, -0.2) is 41.9 Å². The molecule has 6 nitrogen and oxygen atoms in total. The molecule has 0 aromatic heterocycles. The van der Waals surface area contributed by atoms with E-state index in [1.165, 1.54) is 0 Å². The Bertz CT molecular complexity index is 393. The minimum absolute atomic E-state index is 0.0711. The van der Waals surface area contributed by atoms with Gasteiger partial charge >= 0.3 is 0 Å². The molecule has 0 saturated carbocycles. The summed E-state index contributed by atoms with van der Waals surface area (Å²) in [5.41, 5.74) is 6.09. The quantitative estimate of drug-likeness (QED) is 0.181. The highest BCUT2D eigenvalue weighted by Crippen LogP contribution is 2.11. The van der Waals surface area contributed by atoms with Crippen LogP contribution >= 0.6 is 0 Å². The Hall–Kier alpha value is -1.79. The van der Waals surface area contributed by atoms with E-state index in [-0.39, 0.29) is 11.9 Å². The van der Waals surface area contributed by atoms with E-state index in [0.717, 1.165) is 6.42 Å². The molecule has 19 heavy (non-hydrogen) atoms. The number of nitrogens with one attached hydrogen (secondary N) is 1. The largest absolute Gasteiger partial charge is 0.492 e. The highest BCUT2D eigenvalue weighted by Gasteiger charge is 2.01. The average Bonchev–Trinajstić information content (AvgIpc) is 2.46. The molecular formula is C13H21N3O3. The van der Waals surface area contributed by atoms with Crippen molar-refractivity contribution >= 4 is 5.84 Å². The Morgan fingerprint density at radius 2 is 2.11 bits per heavy atom. The first-order chi connectivity index (χ1) is 9.17. The van der Waals surface area contributed by atoms with Crippen LogP contribution in [0.4, 0.5) is 0 Å². The molecule has 0 saturated heterocycles. The van der Waals surface area contributed by atoms with Crippen molar-refractivity contribution < 1.29 is 15.1 Å². The van der Waals surface area contributed by atoms with E-state index in [1.54, 1.807) is 24.3 Å². The maximum atomic E-state index is 9.33. The van der Waals surface area contributed by atoms with Gasteiger partial charge in [-0.2, -0.15) is 0 Å². The Balaban J connectivity index is 2.27. The molecular weight excluding hydrogens is 246 g/mol. The lowest BCUT2D eigenvalue weighted by Gasteiger charge is -2.10. The van der Waals surface area contributed by atoms with Gasteiger partial charge in [-0.15, -0.1) is 0 Å². The molecule has 0 radical (unpaired) electrons. The third-order valence-corrected chi connectivity index (χ3v) is 2.66.